The molecule has 0 saturated carbocycles. The Morgan fingerprint density at radius 3 is 2.96 bits per heavy atom. The van der Waals surface area contributed by atoms with Crippen molar-refractivity contribution < 1.29 is 18.3 Å². The van der Waals surface area contributed by atoms with E-state index in [1.54, 1.807) is 19.1 Å². The highest BCUT2D eigenvalue weighted by Crippen LogP contribution is 2.22. The molecule has 132 valence electrons. The van der Waals surface area contributed by atoms with Crippen LogP contribution in [0.15, 0.2) is 23.3 Å². The molecule has 1 heterocycles. The fourth-order valence-electron chi connectivity index (χ4n) is 2.37. The number of alkyl halides is 2. The predicted octanol–water partition coefficient (Wildman–Crippen LogP) is 2.96. The van der Waals surface area contributed by atoms with Crippen LogP contribution in [0.3, 0.4) is 0 Å². The van der Waals surface area contributed by atoms with Gasteiger partial charge in [-0.3, -0.25) is 5.43 Å². The van der Waals surface area contributed by atoms with Crippen molar-refractivity contribution in [1.82, 2.24) is 10.7 Å². The molecule has 0 amide bonds. The van der Waals surface area contributed by atoms with Gasteiger partial charge in [0.1, 0.15) is 5.75 Å². The van der Waals surface area contributed by atoms with Gasteiger partial charge in [0.2, 0.25) is 0 Å². The van der Waals surface area contributed by atoms with Crippen molar-refractivity contribution in [1.29, 1.82) is 0 Å². The molecule has 0 unspecified atom stereocenters. The van der Waals surface area contributed by atoms with Crippen molar-refractivity contribution in [2.24, 2.45) is 5.10 Å². The number of aryl methyl sites for hydroxylation is 1. The molecule has 2 N–H and O–H groups in total. The Balaban J connectivity index is 1.96. The Labute approximate surface area is 145 Å². The van der Waals surface area contributed by atoms with E-state index in [-0.39, 0.29) is 11.9 Å². The fraction of sp³-hybridized carbons (Fsp3) is 0.500. The molecule has 1 aliphatic rings. The zero-order valence-corrected chi connectivity index (χ0v) is 14.5. The van der Waals surface area contributed by atoms with Gasteiger partial charge in [0.25, 0.3) is 0 Å². The Bertz CT molecular complexity index is 605. The van der Waals surface area contributed by atoms with Crippen molar-refractivity contribution in [3.05, 3.63) is 29.3 Å². The van der Waals surface area contributed by atoms with Crippen molar-refractivity contribution in [3.8, 4) is 5.75 Å². The third-order valence-corrected chi connectivity index (χ3v) is 3.82. The zero-order chi connectivity index (χ0) is 17.5. The molecule has 0 radical (unpaired) electrons. The first kappa shape index (κ1) is 18.5. The smallest absolute Gasteiger partial charge is 0.387 e. The zero-order valence-electron chi connectivity index (χ0n) is 13.6. The van der Waals surface area contributed by atoms with Crippen LogP contribution in [0, 0.1) is 6.92 Å². The van der Waals surface area contributed by atoms with E-state index in [2.05, 4.69) is 20.6 Å². The number of benzene rings is 1. The van der Waals surface area contributed by atoms with Gasteiger partial charge in [-0.1, -0.05) is 11.6 Å². The molecule has 0 aromatic heterocycles. The molecule has 1 aliphatic heterocycles. The molecule has 1 atom stereocenters. The molecular weight excluding hydrogens is 336 g/mol. The molecule has 24 heavy (non-hydrogen) atoms. The van der Waals surface area contributed by atoms with Crippen LogP contribution in [0.25, 0.3) is 0 Å². The lowest BCUT2D eigenvalue weighted by Crippen LogP contribution is -2.37. The van der Waals surface area contributed by atoms with Gasteiger partial charge in [-0.25, -0.2) is 0 Å². The van der Waals surface area contributed by atoms with E-state index >= 15 is 0 Å². The minimum atomic E-state index is -2.89. The monoisotopic (exact) mass is 357 g/mol. The number of hydrogen-bond donors (Lipinski definition) is 2. The summed E-state index contributed by atoms with van der Waals surface area (Å²) in [5, 5.41) is 7.53. The molecule has 0 spiro atoms. The van der Waals surface area contributed by atoms with Crippen molar-refractivity contribution in [3.63, 3.8) is 0 Å². The van der Waals surface area contributed by atoms with Gasteiger partial charge in [-0.15, -0.1) is 0 Å². The third-order valence-electron chi connectivity index (χ3n) is 3.58. The Morgan fingerprint density at radius 2 is 2.29 bits per heavy atom. The van der Waals surface area contributed by atoms with Gasteiger partial charge in [-0.05, 0) is 51.0 Å². The highest BCUT2D eigenvalue weighted by atomic mass is 32.1. The molecule has 2 rings (SSSR count). The van der Waals surface area contributed by atoms with Crippen LogP contribution in [0.4, 0.5) is 8.78 Å². The second-order valence-corrected chi connectivity index (χ2v) is 5.94. The first-order chi connectivity index (χ1) is 11.5. The molecule has 1 aromatic rings. The standard InChI is InChI=1S/C16H21F2N3O2S/c1-10-5-6-14(23-15(17)18)13(8-10)11(2)20-21-16(24)19-9-12-4-3-7-22-12/h5-6,8,12,15H,3-4,7,9H2,1-2H3,(H2,19,21,24)/b20-11-/t12-/m0/s1. The Hall–Kier alpha value is -1.80. The molecule has 0 aliphatic carbocycles. The maximum atomic E-state index is 12.5. The molecule has 0 bridgehead atoms. The van der Waals surface area contributed by atoms with E-state index in [0.29, 0.717) is 22.9 Å². The molecule has 8 heteroatoms. The van der Waals surface area contributed by atoms with Crippen LogP contribution in [-0.2, 0) is 4.74 Å². The number of rotatable bonds is 6. The second kappa shape index (κ2) is 8.89. The van der Waals surface area contributed by atoms with E-state index < -0.39 is 6.61 Å². The quantitative estimate of drug-likeness (QED) is 0.466. The van der Waals surface area contributed by atoms with Crippen molar-refractivity contribution in [2.45, 2.75) is 39.4 Å². The SMILES string of the molecule is C/C(=N/NC(=S)NC[C@@H]1CCCO1)c1cc(C)ccc1OC(F)F. The number of halogens is 2. The number of ether oxygens (including phenoxy) is 2. The summed E-state index contributed by atoms with van der Waals surface area (Å²) in [6, 6.07) is 4.95. The van der Waals surface area contributed by atoms with E-state index in [0.717, 1.165) is 25.0 Å². The average Bonchev–Trinajstić information content (AvgIpc) is 3.05. The highest BCUT2D eigenvalue weighted by Gasteiger charge is 2.15. The summed E-state index contributed by atoms with van der Waals surface area (Å²) < 4.78 is 35.0. The van der Waals surface area contributed by atoms with Crippen LogP contribution in [0.5, 0.6) is 5.75 Å². The Morgan fingerprint density at radius 1 is 1.50 bits per heavy atom. The van der Waals surface area contributed by atoms with Crippen LogP contribution < -0.4 is 15.5 Å². The lowest BCUT2D eigenvalue weighted by Gasteiger charge is -2.13. The number of hydrogen-bond acceptors (Lipinski definition) is 4. The van der Waals surface area contributed by atoms with Gasteiger partial charge in [0.05, 0.1) is 11.8 Å². The predicted molar refractivity (Wildman–Crippen MR) is 92.7 cm³/mol. The van der Waals surface area contributed by atoms with Gasteiger partial charge in [0, 0.05) is 18.7 Å². The van der Waals surface area contributed by atoms with Crippen LogP contribution in [-0.4, -0.2) is 36.7 Å². The number of hydrazone groups is 1. The third kappa shape index (κ3) is 5.68. The summed E-state index contributed by atoms with van der Waals surface area (Å²) in [4.78, 5) is 0. The van der Waals surface area contributed by atoms with Crippen LogP contribution in [0.1, 0.15) is 30.9 Å². The minimum absolute atomic E-state index is 0.0804. The summed E-state index contributed by atoms with van der Waals surface area (Å²) in [5.74, 6) is 0.0804. The van der Waals surface area contributed by atoms with E-state index in [9.17, 15) is 8.78 Å². The topological polar surface area (TPSA) is 54.9 Å². The van der Waals surface area contributed by atoms with Crippen LogP contribution in [0.2, 0.25) is 0 Å². The number of thiocarbonyl (C=S) groups is 1. The first-order valence-electron chi connectivity index (χ1n) is 7.71. The Kier molecular flexibility index (Phi) is 6.86. The average molecular weight is 357 g/mol. The second-order valence-electron chi connectivity index (χ2n) is 5.53. The minimum Gasteiger partial charge on any atom is -0.434 e. The lowest BCUT2D eigenvalue weighted by molar-refractivity contribution is -0.0499. The van der Waals surface area contributed by atoms with Crippen molar-refractivity contribution in [2.75, 3.05) is 13.2 Å². The summed E-state index contributed by atoms with van der Waals surface area (Å²) in [5.41, 5.74) is 4.62. The van der Waals surface area contributed by atoms with E-state index in [1.807, 2.05) is 6.92 Å². The summed E-state index contributed by atoms with van der Waals surface area (Å²) in [6.07, 6.45) is 2.23. The molecule has 1 fully saturated rings. The molecule has 5 nitrogen and oxygen atoms in total. The fourth-order valence-corrected chi connectivity index (χ4v) is 2.50. The molecule has 1 saturated heterocycles. The number of nitrogens with zero attached hydrogens (tertiary/aromatic N) is 1. The van der Waals surface area contributed by atoms with Crippen LogP contribution >= 0.6 is 12.2 Å². The summed E-state index contributed by atoms with van der Waals surface area (Å²) >= 11 is 5.15. The normalized spacial score (nSPS) is 17.9. The molecule has 1 aromatic carbocycles. The summed E-state index contributed by atoms with van der Waals surface area (Å²) in [6.45, 7) is 2.07. The molecular formula is C16H21F2N3O2S. The maximum absolute atomic E-state index is 12.5. The van der Waals surface area contributed by atoms with Gasteiger partial charge >= 0.3 is 6.61 Å². The van der Waals surface area contributed by atoms with Gasteiger partial charge in [0.15, 0.2) is 5.11 Å². The highest BCUT2D eigenvalue weighted by molar-refractivity contribution is 7.80. The lowest BCUT2D eigenvalue weighted by atomic mass is 10.1. The first-order valence-corrected chi connectivity index (χ1v) is 8.12. The van der Waals surface area contributed by atoms with E-state index in [4.69, 9.17) is 17.0 Å². The van der Waals surface area contributed by atoms with Gasteiger partial charge < -0.3 is 14.8 Å². The largest absolute Gasteiger partial charge is 0.434 e. The number of nitrogens with one attached hydrogen (secondary N) is 2. The van der Waals surface area contributed by atoms with Crippen molar-refractivity contribution >= 4 is 23.0 Å². The summed E-state index contributed by atoms with van der Waals surface area (Å²) in [7, 11) is 0. The van der Waals surface area contributed by atoms with E-state index in [1.165, 1.54) is 6.07 Å². The maximum Gasteiger partial charge on any atom is 0.387 e. The van der Waals surface area contributed by atoms with Gasteiger partial charge in [-0.2, -0.15) is 13.9 Å².